The molecule has 0 aromatic heterocycles. The topological polar surface area (TPSA) is 47.9 Å². The summed E-state index contributed by atoms with van der Waals surface area (Å²) in [6, 6.07) is 8.59. The van der Waals surface area contributed by atoms with E-state index in [1.165, 1.54) is 11.1 Å². The Morgan fingerprint density at radius 2 is 1.92 bits per heavy atom. The predicted molar refractivity (Wildman–Crippen MR) is 99.1 cm³/mol. The van der Waals surface area contributed by atoms with Gasteiger partial charge in [-0.1, -0.05) is 24.3 Å². The Kier molecular flexibility index (Phi) is 7.09. The van der Waals surface area contributed by atoms with Crippen LogP contribution in [0.3, 0.4) is 0 Å². The van der Waals surface area contributed by atoms with Gasteiger partial charge in [0, 0.05) is 39.1 Å². The molecule has 24 heavy (non-hydrogen) atoms. The van der Waals surface area contributed by atoms with Crippen molar-refractivity contribution >= 4 is 11.9 Å². The van der Waals surface area contributed by atoms with Crippen molar-refractivity contribution in [3.63, 3.8) is 0 Å². The molecule has 0 radical (unpaired) electrons. The molecular formula is C19H30N4O. The molecule has 1 aromatic rings. The summed E-state index contributed by atoms with van der Waals surface area (Å²) < 4.78 is 0. The largest absolute Gasteiger partial charge is 0.357 e. The quantitative estimate of drug-likeness (QED) is 0.643. The number of rotatable bonds is 6. The molecule has 1 aromatic carbocycles. The lowest BCUT2D eigenvalue weighted by Gasteiger charge is -2.31. The minimum atomic E-state index is 0.184. The fourth-order valence-corrected chi connectivity index (χ4v) is 3.09. The number of nitrogens with zero attached hydrogens (tertiary/aromatic N) is 3. The van der Waals surface area contributed by atoms with Crippen LogP contribution in [-0.2, 0) is 17.8 Å². The Morgan fingerprint density at radius 3 is 2.58 bits per heavy atom. The lowest BCUT2D eigenvalue weighted by atomic mass is 10.0. The number of carbonyl (C=O) groups excluding carboxylic acids is 1. The van der Waals surface area contributed by atoms with Gasteiger partial charge in [-0.15, -0.1) is 0 Å². The van der Waals surface area contributed by atoms with Crippen LogP contribution in [0.2, 0.25) is 0 Å². The van der Waals surface area contributed by atoms with Crippen LogP contribution in [-0.4, -0.2) is 54.4 Å². The third-order valence-electron chi connectivity index (χ3n) is 4.47. The normalized spacial score (nSPS) is 14.3. The van der Waals surface area contributed by atoms with Crippen LogP contribution in [0.15, 0.2) is 29.3 Å². The smallest absolute Gasteiger partial charge is 0.224 e. The molecule has 1 aliphatic heterocycles. The summed E-state index contributed by atoms with van der Waals surface area (Å²) in [5.74, 6) is 1.10. The summed E-state index contributed by atoms with van der Waals surface area (Å²) in [5.41, 5.74) is 2.80. The van der Waals surface area contributed by atoms with Gasteiger partial charge < -0.3 is 15.1 Å². The average Bonchev–Trinajstić information content (AvgIpc) is 2.61. The van der Waals surface area contributed by atoms with Crippen molar-refractivity contribution in [2.24, 2.45) is 4.99 Å². The first-order valence-electron chi connectivity index (χ1n) is 9.07. The van der Waals surface area contributed by atoms with E-state index in [0.29, 0.717) is 13.0 Å². The van der Waals surface area contributed by atoms with Gasteiger partial charge >= 0.3 is 0 Å². The van der Waals surface area contributed by atoms with E-state index in [2.05, 4.69) is 46.4 Å². The van der Waals surface area contributed by atoms with Crippen molar-refractivity contribution in [1.82, 2.24) is 15.1 Å². The molecule has 1 aliphatic rings. The number of aliphatic imine (C=N–C) groups is 1. The molecule has 0 aliphatic carbocycles. The van der Waals surface area contributed by atoms with E-state index in [1.807, 2.05) is 18.7 Å². The zero-order valence-corrected chi connectivity index (χ0v) is 15.2. The molecule has 132 valence electrons. The van der Waals surface area contributed by atoms with Gasteiger partial charge in [0.05, 0.1) is 6.54 Å². The number of amides is 1. The molecule has 0 bridgehead atoms. The number of benzene rings is 1. The summed E-state index contributed by atoms with van der Waals surface area (Å²) in [6.45, 7) is 10.9. The second-order valence-electron chi connectivity index (χ2n) is 5.99. The molecule has 2 rings (SSSR count). The molecule has 1 amide bonds. The maximum Gasteiger partial charge on any atom is 0.224 e. The highest BCUT2D eigenvalue weighted by atomic mass is 16.2. The van der Waals surface area contributed by atoms with E-state index >= 15 is 0 Å². The Labute approximate surface area is 145 Å². The first kappa shape index (κ1) is 18.3. The van der Waals surface area contributed by atoms with E-state index in [9.17, 15) is 4.79 Å². The van der Waals surface area contributed by atoms with Gasteiger partial charge in [-0.05, 0) is 38.3 Å². The van der Waals surface area contributed by atoms with Crippen LogP contribution in [0.5, 0.6) is 0 Å². The van der Waals surface area contributed by atoms with Gasteiger partial charge in [0.1, 0.15) is 0 Å². The van der Waals surface area contributed by atoms with Crippen molar-refractivity contribution in [1.29, 1.82) is 0 Å². The van der Waals surface area contributed by atoms with Gasteiger partial charge in [-0.2, -0.15) is 0 Å². The Balaban J connectivity index is 1.98. The summed E-state index contributed by atoms with van der Waals surface area (Å²) in [7, 11) is 0. The van der Waals surface area contributed by atoms with Crippen LogP contribution >= 0.6 is 0 Å². The van der Waals surface area contributed by atoms with Crippen LogP contribution in [0.4, 0.5) is 0 Å². The zero-order chi connectivity index (χ0) is 17.4. The first-order chi connectivity index (χ1) is 11.7. The molecule has 0 saturated carbocycles. The first-order valence-corrected chi connectivity index (χ1v) is 9.07. The molecule has 5 nitrogen and oxygen atoms in total. The number of nitrogens with one attached hydrogen (secondary N) is 1. The Bertz CT molecular complexity index is 566. The fourth-order valence-electron chi connectivity index (χ4n) is 3.09. The van der Waals surface area contributed by atoms with Gasteiger partial charge in [0.15, 0.2) is 5.96 Å². The molecule has 1 N–H and O–H groups in total. The van der Waals surface area contributed by atoms with Crippen LogP contribution in [0, 0.1) is 0 Å². The standard InChI is InChI=1S/C19H30N4O/c1-4-20-19(21-13-11-18(24)22(5-2)6-3)23-14-12-16-9-7-8-10-17(16)15-23/h7-10H,4-6,11-15H2,1-3H3,(H,20,21). The summed E-state index contributed by atoms with van der Waals surface area (Å²) in [4.78, 5) is 20.9. The maximum atomic E-state index is 12.1. The molecule has 0 fully saturated rings. The Morgan fingerprint density at radius 1 is 1.21 bits per heavy atom. The van der Waals surface area contributed by atoms with Crippen LogP contribution in [0.1, 0.15) is 38.3 Å². The second-order valence-corrected chi connectivity index (χ2v) is 5.99. The second kappa shape index (κ2) is 9.30. The molecule has 1 heterocycles. The number of fused-ring (bicyclic) bond motifs is 1. The van der Waals surface area contributed by atoms with Gasteiger partial charge in [-0.25, -0.2) is 0 Å². The summed E-state index contributed by atoms with van der Waals surface area (Å²) in [6.07, 6.45) is 1.51. The third-order valence-corrected chi connectivity index (χ3v) is 4.47. The van der Waals surface area contributed by atoms with Crippen LogP contribution < -0.4 is 5.32 Å². The number of hydrogen-bond donors (Lipinski definition) is 1. The average molecular weight is 330 g/mol. The fraction of sp³-hybridized carbons (Fsp3) is 0.579. The number of guanidine groups is 1. The Hall–Kier alpha value is -2.04. The van der Waals surface area contributed by atoms with Gasteiger partial charge in [-0.3, -0.25) is 9.79 Å². The maximum absolute atomic E-state index is 12.1. The predicted octanol–water partition coefficient (Wildman–Crippen LogP) is 2.27. The van der Waals surface area contributed by atoms with E-state index in [4.69, 9.17) is 0 Å². The highest BCUT2D eigenvalue weighted by molar-refractivity contribution is 5.81. The molecular weight excluding hydrogens is 300 g/mol. The molecule has 0 saturated heterocycles. The third kappa shape index (κ3) is 4.73. The van der Waals surface area contributed by atoms with Gasteiger partial charge in [0.2, 0.25) is 5.91 Å². The van der Waals surface area contributed by atoms with E-state index < -0.39 is 0 Å². The highest BCUT2D eigenvalue weighted by Crippen LogP contribution is 2.18. The van der Waals surface area contributed by atoms with Gasteiger partial charge in [0.25, 0.3) is 0 Å². The summed E-state index contributed by atoms with van der Waals surface area (Å²) in [5, 5.41) is 3.37. The summed E-state index contributed by atoms with van der Waals surface area (Å²) >= 11 is 0. The van der Waals surface area contributed by atoms with E-state index in [1.54, 1.807) is 0 Å². The molecule has 5 heteroatoms. The van der Waals surface area contributed by atoms with Crippen molar-refractivity contribution in [3.05, 3.63) is 35.4 Å². The SMILES string of the molecule is CCNC(=NCCC(=O)N(CC)CC)N1CCc2ccccc2C1. The molecule has 0 spiro atoms. The van der Waals surface area contributed by atoms with Crippen molar-refractivity contribution in [2.45, 2.75) is 40.2 Å². The highest BCUT2D eigenvalue weighted by Gasteiger charge is 2.18. The number of carbonyl (C=O) groups is 1. The lowest BCUT2D eigenvalue weighted by molar-refractivity contribution is -0.130. The number of hydrogen-bond acceptors (Lipinski definition) is 2. The zero-order valence-electron chi connectivity index (χ0n) is 15.2. The van der Waals surface area contributed by atoms with Crippen LogP contribution in [0.25, 0.3) is 0 Å². The molecule has 0 unspecified atom stereocenters. The minimum absolute atomic E-state index is 0.184. The lowest BCUT2D eigenvalue weighted by Crippen LogP contribution is -2.44. The minimum Gasteiger partial charge on any atom is -0.357 e. The van der Waals surface area contributed by atoms with E-state index in [0.717, 1.165) is 45.1 Å². The molecule has 0 atom stereocenters. The van der Waals surface area contributed by atoms with Crippen molar-refractivity contribution in [3.8, 4) is 0 Å². The van der Waals surface area contributed by atoms with E-state index in [-0.39, 0.29) is 5.91 Å². The monoisotopic (exact) mass is 330 g/mol. The van der Waals surface area contributed by atoms with Crippen molar-refractivity contribution < 1.29 is 4.79 Å². The van der Waals surface area contributed by atoms with Crippen molar-refractivity contribution in [2.75, 3.05) is 32.7 Å².